The van der Waals surface area contributed by atoms with Crippen LogP contribution in [-0.4, -0.2) is 34.5 Å². The predicted octanol–water partition coefficient (Wildman–Crippen LogP) is 5.33. The van der Waals surface area contributed by atoms with E-state index in [0.29, 0.717) is 16.8 Å². The second kappa shape index (κ2) is 9.81. The van der Waals surface area contributed by atoms with Crippen molar-refractivity contribution >= 4 is 17.5 Å². The van der Waals surface area contributed by atoms with Crippen LogP contribution in [0.1, 0.15) is 52.9 Å². The molecule has 26 heavy (non-hydrogen) atoms. The molecule has 0 amide bonds. The Hall–Kier alpha value is -1.75. The van der Waals surface area contributed by atoms with Crippen LogP contribution in [0.25, 0.3) is 11.4 Å². The van der Waals surface area contributed by atoms with Crippen molar-refractivity contribution in [2.75, 3.05) is 18.6 Å². The van der Waals surface area contributed by atoms with Crippen LogP contribution in [0.3, 0.4) is 0 Å². The number of ether oxygens (including phenoxy) is 1. The third-order valence-electron chi connectivity index (χ3n) is 4.68. The minimum Gasteiger partial charge on any atom is -0.496 e. The van der Waals surface area contributed by atoms with Crippen molar-refractivity contribution in [2.45, 2.75) is 58.9 Å². The lowest BCUT2D eigenvalue weighted by molar-refractivity contribution is 0.416. The van der Waals surface area contributed by atoms with Crippen molar-refractivity contribution in [3.8, 4) is 17.1 Å². The van der Waals surface area contributed by atoms with Gasteiger partial charge in [0.1, 0.15) is 5.75 Å². The Morgan fingerprint density at radius 1 is 1.23 bits per heavy atom. The Labute approximate surface area is 162 Å². The molecule has 0 aliphatic heterocycles. The third kappa shape index (κ3) is 4.70. The Morgan fingerprint density at radius 3 is 2.62 bits per heavy atom. The van der Waals surface area contributed by atoms with E-state index in [1.165, 1.54) is 19.3 Å². The maximum absolute atomic E-state index is 6.10. The lowest BCUT2D eigenvalue weighted by atomic mass is 10.1. The van der Waals surface area contributed by atoms with E-state index in [9.17, 15) is 0 Å². The van der Waals surface area contributed by atoms with Crippen LogP contribution < -0.4 is 9.64 Å². The van der Waals surface area contributed by atoms with Crippen LogP contribution in [0.2, 0.25) is 5.02 Å². The summed E-state index contributed by atoms with van der Waals surface area (Å²) < 4.78 is 7.33. The first-order valence-electron chi connectivity index (χ1n) is 9.57. The standard InChI is InChI=1S/C20H31ClN4O/c1-6-9-10-16(8-3)25(13-7-2)20-22-19(24(4)23-20)17-12-11-15(21)14-18(17)26-5/h11-12,14,16H,6-10,13H2,1-5H3. The molecule has 144 valence electrons. The molecule has 0 aliphatic carbocycles. The summed E-state index contributed by atoms with van der Waals surface area (Å²) >= 11 is 6.10. The van der Waals surface area contributed by atoms with Gasteiger partial charge < -0.3 is 9.64 Å². The summed E-state index contributed by atoms with van der Waals surface area (Å²) in [6.07, 6.45) is 5.77. The summed E-state index contributed by atoms with van der Waals surface area (Å²) in [5, 5.41) is 5.37. The van der Waals surface area contributed by atoms with Gasteiger partial charge in [0.15, 0.2) is 5.82 Å². The molecule has 0 radical (unpaired) electrons. The fraction of sp³-hybridized carbons (Fsp3) is 0.600. The lowest BCUT2D eigenvalue weighted by Gasteiger charge is -2.30. The summed E-state index contributed by atoms with van der Waals surface area (Å²) in [6, 6.07) is 6.07. The van der Waals surface area contributed by atoms with Crippen molar-refractivity contribution in [3.63, 3.8) is 0 Å². The number of rotatable bonds is 10. The van der Waals surface area contributed by atoms with Gasteiger partial charge >= 0.3 is 0 Å². The monoisotopic (exact) mass is 378 g/mol. The zero-order chi connectivity index (χ0) is 19.1. The van der Waals surface area contributed by atoms with E-state index in [-0.39, 0.29) is 0 Å². The molecule has 1 atom stereocenters. The molecule has 0 N–H and O–H groups in total. The highest BCUT2D eigenvalue weighted by atomic mass is 35.5. The number of aromatic nitrogens is 3. The highest BCUT2D eigenvalue weighted by Crippen LogP contribution is 2.32. The van der Waals surface area contributed by atoms with E-state index in [1.807, 2.05) is 29.9 Å². The van der Waals surface area contributed by atoms with E-state index < -0.39 is 0 Å². The van der Waals surface area contributed by atoms with Crippen molar-refractivity contribution in [1.82, 2.24) is 14.8 Å². The van der Waals surface area contributed by atoms with E-state index in [4.69, 9.17) is 26.4 Å². The Bertz CT molecular complexity index is 701. The highest BCUT2D eigenvalue weighted by molar-refractivity contribution is 6.30. The highest BCUT2D eigenvalue weighted by Gasteiger charge is 2.22. The summed E-state index contributed by atoms with van der Waals surface area (Å²) in [7, 11) is 3.57. The summed E-state index contributed by atoms with van der Waals surface area (Å²) in [4.78, 5) is 7.23. The van der Waals surface area contributed by atoms with Crippen molar-refractivity contribution in [3.05, 3.63) is 23.2 Å². The maximum atomic E-state index is 6.10. The van der Waals surface area contributed by atoms with Gasteiger partial charge in [-0.1, -0.05) is 45.2 Å². The third-order valence-corrected chi connectivity index (χ3v) is 4.92. The number of benzene rings is 1. The zero-order valence-corrected chi connectivity index (χ0v) is 17.4. The quantitative estimate of drug-likeness (QED) is 0.560. The van der Waals surface area contributed by atoms with Gasteiger partial charge in [0.05, 0.1) is 12.7 Å². The molecule has 6 heteroatoms. The fourth-order valence-corrected chi connectivity index (χ4v) is 3.45. The first kappa shape index (κ1) is 20.6. The van der Waals surface area contributed by atoms with Crippen LogP contribution in [-0.2, 0) is 7.05 Å². The van der Waals surface area contributed by atoms with Gasteiger partial charge in [-0.2, -0.15) is 4.98 Å². The van der Waals surface area contributed by atoms with Crippen LogP contribution in [0.5, 0.6) is 5.75 Å². The molecular formula is C20H31ClN4O. The summed E-state index contributed by atoms with van der Waals surface area (Å²) in [5.74, 6) is 2.30. The van der Waals surface area contributed by atoms with E-state index in [2.05, 4.69) is 25.7 Å². The molecular weight excluding hydrogens is 348 g/mol. The number of halogens is 1. The van der Waals surface area contributed by atoms with Crippen LogP contribution in [0.4, 0.5) is 5.95 Å². The molecule has 0 spiro atoms. The van der Waals surface area contributed by atoms with Crippen LogP contribution in [0, 0.1) is 0 Å². The molecule has 2 aromatic rings. The van der Waals surface area contributed by atoms with Crippen molar-refractivity contribution in [1.29, 1.82) is 0 Å². The van der Waals surface area contributed by atoms with Crippen molar-refractivity contribution < 1.29 is 4.74 Å². The van der Waals surface area contributed by atoms with Gasteiger partial charge in [-0.25, -0.2) is 4.68 Å². The predicted molar refractivity (Wildman–Crippen MR) is 109 cm³/mol. The molecule has 0 saturated carbocycles. The number of hydrogen-bond donors (Lipinski definition) is 0. The normalized spacial score (nSPS) is 12.2. The minimum atomic E-state index is 0.470. The number of anilines is 1. The summed E-state index contributed by atoms with van der Waals surface area (Å²) in [5.41, 5.74) is 0.899. The number of nitrogens with zero attached hydrogens (tertiary/aromatic N) is 4. The van der Waals surface area contributed by atoms with Gasteiger partial charge in [-0.05, 0) is 37.5 Å². The molecule has 1 heterocycles. The molecule has 0 bridgehead atoms. The Balaban J connectivity index is 2.40. The molecule has 1 unspecified atom stereocenters. The molecule has 1 aromatic heterocycles. The molecule has 0 saturated heterocycles. The molecule has 1 aromatic carbocycles. The van der Waals surface area contributed by atoms with Gasteiger partial charge in [-0.15, -0.1) is 5.10 Å². The zero-order valence-electron chi connectivity index (χ0n) is 16.6. The fourth-order valence-electron chi connectivity index (χ4n) is 3.28. The average Bonchev–Trinajstić information content (AvgIpc) is 3.02. The number of hydrogen-bond acceptors (Lipinski definition) is 4. The molecule has 5 nitrogen and oxygen atoms in total. The van der Waals surface area contributed by atoms with E-state index >= 15 is 0 Å². The van der Waals surface area contributed by atoms with Crippen LogP contribution >= 0.6 is 11.6 Å². The lowest BCUT2D eigenvalue weighted by Crippen LogP contribution is -2.36. The number of aryl methyl sites for hydroxylation is 1. The van der Waals surface area contributed by atoms with Crippen LogP contribution in [0.15, 0.2) is 18.2 Å². The second-order valence-electron chi connectivity index (χ2n) is 6.60. The largest absolute Gasteiger partial charge is 0.496 e. The van der Waals surface area contributed by atoms with Gasteiger partial charge in [0.25, 0.3) is 0 Å². The van der Waals surface area contributed by atoms with Gasteiger partial charge in [-0.3, -0.25) is 0 Å². The van der Waals surface area contributed by atoms with Gasteiger partial charge in [0.2, 0.25) is 5.95 Å². The smallest absolute Gasteiger partial charge is 0.245 e. The number of methoxy groups -OCH3 is 1. The van der Waals surface area contributed by atoms with Gasteiger partial charge in [0, 0.05) is 24.7 Å². The van der Waals surface area contributed by atoms with E-state index in [0.717, 1.165) is 36.7 Å². The second-order valence-corrected chi connectivity index (χ2v) is 7.04. The first-order valence-corrected chi connectivity index (χ1v) is 9.94. The molecule has 0 fully saturated rings. The van der Waals surface area contributed by atoms with E-state index in [1.54, 1.807) is 7.11 Å². The molecule has 2 rings (SSSR count). The SMILES string of the molecule is CCCCC(CC)N(CCC)c1nc(-c2ccc(Cl)cc2OC)n(C)n1. The number of unbranched alkanes of at least 4 members (excludes halogenated alkanes) is 1. The van der Waals surface area contributed by atoms with Crippen molar-refractivity contribution in [2.24, 2.45) is 7.05 Å². The Morgan fingerprint density at radius 2 is 2.00 bits per heavy atom. The maximum Gasteiger partial charge on any atom is 0.245 e. The minimum absolute atomic E-state index is 0.470. The average molecular weight is 379 g/mol. The summed E-state index contributed by atoms with van der Waals surface area (Å²) in [6.45, 7) is 7.64. The Kier molecular flexibility index (Phi) is 7.76. The first-order chi connectivity index (χ1) is 12.5. The topological polar surface area (TPSA) is 43.2 Å². The molecule has 0 aliphatic rings.